The minimum atomic E-state index is -1.10. The topological polar surface area (TPSA) is 74.9 Å². The van der Waals surface area contributed by atoms with Crippen LogP contribution in [0.25, 0.3) is 0 Å². The third kappa shape index (κ3) is 3.73. The van der Waals surface area contributed by atoms with Crippen molar-refractivity contribution in [3.63, 3.8) is 0 Å². The smallest absolute Gasteiger partial charge is 0.286 e. The zero-order chi connectivity index (χ0) is 17.0. The van der Waals surface area contributed by atoms with Crippen molar-refractivity contribution in [2.75, 3.05) is 12.0 Å². The van der Waals surface area contributed by atoms with Gasteiger partial charge in [0.05, 0.1) is 22.8 Å². The molecule has 1 amide bonds. The zero-order valence-corrected chi connectivity index (χ0v) is 12.4. The molecule has 0 saturated heterocycles. The SMILES string of the molecule is N#Cc1ccc(C(=O)Nc2cc(F)c(=O)n(CCF)c2)cc1Cl. The monoisotopic (exact) mass is 337 g/mol. The predicted octanol–water partition coefficient (Wildman–Crippen LogP) is 2.73. The maximum atomic E-state index is 13.5. The van der Waals surface area contributed by atoms with E-state index in [0.29, 0.717) is 0 Å². The number of anilines is 1. The molecule has 118 valence electrons. The van der Waals surface area contributed by atoms with Crippen LogP contribution in [0.4, 0.5) is 14.5 Å². The fourth-order valence-corrected chi connectivity index (χ4v) is 2.10. The second-order valence-electron chi connectivity index (χ2n) is 4.52. The van der Waals surface area contributed by atoms with Gasteiger partial charge in [-0.05, 0) is 18.2 Å². The highest BCUT2D eigenvalue weighted by Gasteiger charge is 2.12. The van der Waals surface area contributed by atoms with Crippen LogP contribution in [0.2, 0.25) is 5.02 Å². The van der Waals surface area contributed by atoms with Crippen molar-refractivity contribution in [1.29, 1.82) is 5.26 Å². The van der Waals surface area contributed by atoms with Crippen molar-refractivity contribution >= 4 is 23.2 Å². The second-order valence-corrected chi connectivity index (χ2v) is 4.93. The lowest BCUT2D eigenvalue weighted by atomic mass is 10.1. The highest BCUT2D eigenvalue weighted by molar-refractivity contribution is 6.32. The summed E-state index contributed by atoms with van der Waals surface area (Å²) in [6.07, 6.45) is 1.15. The summed E-state index contributed by atoms with van der Waals surface area (Å²) in [6, 6.07) is 6.76. The van der Waals surface area contributed by atoms with Crippen LogP contribution < -0.4 is 10.9 Å². The first kappa shape index (κ1) is 16.6. The molecule has 0 aliphatic carbocycles. The van der Waals surface area contributed by atoms with E-state index in [9.17, 15) is 18.4 Å². The standard InChI is InChI=1S/C15H10ClF2N3O2/c16-12-5-9(1-2-10(12)7-19)14(22)20-11-6-13(18)15(23)21(8-11)4-3-17/h1-2,5-6,8H,3-4H2,(H,20,22). The first-order chi connectivity index (χ1) is 11.0. The van der Waals surface area contributed by atoms with E-state index in [2.05, 4.69) is 5.32 Å². The third-order valence-electron chi connectivity index (χ3n) is 2.98. The summed E-state index contributed by atoms with van der Waals surface area (Å²) in [5.41, 5.74) is -0.605. The molecule has 0 bridgehead atoms. The average molecular weight is 338 g/mol. The molecule has 0 saturated carbocycles. The Morgan fingerprint density at radius 1 is 1.39 bits per heavy atom. The Morgan fingerprint density at radius 2 is 2.13 bits per heavy atom. The first-order valence-corrected chi connectivity index (χ1v) is 6.81. The number of halogens is 3. The molecule has 0 atom stereocenters. The zero-order valence-electron chi connectivity index (χ0n) is 11.6. The first-order valence-electron chi connectivity index (χ1n) is 6.43. The fraction of sp³-hybridized carbons (Fsp3) is 0.133. The second kappa shape index (κ2) is 7.03. The summed E-state index contributed by atoms with van der Waals surface area (Å²) in [5.74, 6) is -1.71. The molecular weight excluding hydrogens is 328 g/mol. The minimum absolute atomic E-state index is 0.000956. The number of rotatable bonds is 4. The van der Waals surface area contributed by atoms with Crippen LogP contribution >= 0.6 is 11.6 Å². The van der Waals surface area contributed by atoms with E-state index in [1.54, 1.807) is 0 Å². The summed E-state index contributed by atoms with van der Waals surface area (Å²) >= 11 is 5.84. The Labute approximate surface area is 134 Å². The number of pyridine rings is 1. The maximum Gasteiger partial charge on any atom is 0.286 e. The molecule has 2 aromatic rings. The molecule has 0 aliphatic rings. The van der Waals surface area contributed by atoms with E-state index < -0.39 is 24.0 Å². The number of hydrogen-bond donors (Lipinski definition) is 1. The van der Waals surface area contributed by atoms with Crippen molar-refractivity contribution in [2.45, 2.75) is 6.54 Å². The quantitative estimate of drug-likeness (QED) is 0.932. The molecule has 1 aromatic heterocycles. The van der Waals surface area contributed by atoms with Crippen molar-refractivity contribution in [3.8, 4) is 6.07 Å². The summed E-state index contributed by atoms with van der Waals surface area (Å²) < 4.78 is 26.7. The van der Waals surface area contributed by atoms with Gasteiger partial charge in [-0.15, -0.1) is 0 Å². The number of hydrogen-bond acceptors (Lipinski definition) is 3. The normalized spacial score (nSPS) is 10.2. The van der Waals surface area contributed by atoms with Gasteiger partial charge in [0.25, 0.3) is 11.5 Å². The van der Waals surface area contributed by atoms with E-state index in [-0.39, 0.29) is 28.4 Å². The van der Waals surface area contributed by atoms with Crippen LogP contribution in [0.1, 0.15) is 15.9 Å². The number of nitrogens with one attached hydrogen (secondary N) is 1. The van der Waals surface area contributed by atoms with E-state index in [1.807, 2.05) is 6.07 Å². The van der Waals surface area contributed by atoms with Gasteiger partial charge in [0.1, 0.15) is 12.7 Å². The number of aryl methyl sites for hydroxylation is 1. The van der Waals surface area contributed by atoms with Crippen molar-refractivity contribution in [3.05, 3.63) is 62.8 Å². The molecule has 1 aromatic carbocycles. The Hall–Kier alpha value is -2.72. The highest BCUT2D eigenvalue weighted by Crippen LogP contribution is 2.18. The van der Waals surface area contributed by atoms with Gasteiger partial charge in [0.15, 0.2) is 5.82 Å². The number of alkyl halides is 1. The van der Waals surface area contributed by atoms with Crippen molar-refractivity contribution in [1.82, 2.24) is 4.57 Å². The molecule has 8 heteroatoms. The van der Waals surface area contributed by atoms with Crippen LogP contribution in [-0.2, 0) is 6.54 Å². The third-order valence-corrected chi connectivity index (χ3v) is 3.29. The van der Waals surface area contributed by atoms with Crippen LogP contribution in [0.15, 0.2) is 35.3 Å². The number of carbonyl (C=O) groups is 1. The number of nitrogens with zero attached hydrogens (tertiary/aromatic N) is 2. The lowest BCUT2D eigenvalue weighted by Gasteiger charge is -2.09. The molecule has 5 nitrogen and oxygen atoms in total. The fourth-order valence-electron chi connectivity index (χ4n) is 1.88. The Kier molecular flexibility index (Phi) is 5.09. The molecule has 0 aliphatic heterocycles. The van der Waals surface area contributed by atoms with E-state index >= 15 is 0 Å². The summed E-state index contributed by atoms with van der Waals surface area (Å²) in [4.78, 5) is 23.5. The van der Waals surface area contributed by atoms with Gasteiger partial charge in [-0.1, -0.05) is 11.6 Å². The number of benzene rings is 1. The summed E-state index contributed by atoms with van der Waals surface area (Å²) in [5, 5.41) is 11.3. The Balaban J connectivity index is 2.28. The van der Waals surface area contributed by atoms with Gasteiger partial charge in [-0.25, -0.2) is 8.78 Å². The molecular formula is C15H10ClF2N3O2. The number of nitriles is 1. The molecule has 0 fully saturated rings. The molecule has 1 heterocycles. The van der Waals surface area contributed by atoms with Crippen molar-refractivity contribution in [2.24, 2.45) is 0 Å². The number of amides is 1. The van der Waals surface area contributed by atoms with Gasteiger partial charge in [0, 0.05) is 17.8 Å². The van der Waals surface area contributed by atoms with Gasteiger partial charge >= 0.3 is 0 Å². The highest BCUT2D eigenvalue weighted by atomic mass is 35.5. The lowest BCUT2D eigenvalue weighted by molar-refractivity contribution is 0.102. The van der Waals surface area contributed by atoms with E-state index in [4.69, 9.17) is 16.9 Å². The van der Waals surface area contributed by atoms with Gasteiger partial charge in [-0.3, -0.25) is 9.59 Å². The maximum absolute atomic E-state index is 13.5. The van der Waals surface area contributed by atoms with E-state index in [1.165, 1.54) is 18.2 Å². The van der Waals surface area contributed by atoms with Crippen LogP contribution in [0.5, 0.6) is 0 Å². The predicted molar refractivity (Wildman–Crippen MR) is 80.8 cm³/mol. The van der Waals surface area contributed by atoms with Crippen LogP contribution in [0.3, 0.4) is 0 Å². The molecule has 23 heavy (non-hydrogen) atoms. The average Bonchev–Trinajstić information content (AvgIpc) is 2.52. The summed E-state index contributed by atoms with van der Waals surface area (Å²) in [7, 11) is 0. The number of aromatic nitrogens is 1. The largest absolute Gasteiger partial charge is 0.321 e. The van der Waals surface area contributed by atoms with E-state index in [0.717, 1.165) is 16.8 Å². The lowest BCUT2D eigenvalue weighted by Crippen LogP contribution is -2.25. The van der Waals surface area contributed by atoms with Crippen molar-refractivity contribution < 1.29 is 13.6 Å². The molecule has 0 unspecified atom stereocenters. The Morgan fingerprint density at radius 3 is 2.74 bits per heavy atom. The molecule has 0 spiro atoms. The molecule has 1 N–H and O–H groups in total. The molecule has 2 rings (SSSR count). The minimum Gasteiger partial charge on any atom is -0.321 e. The van der Waals surface area contributed by atoms with Gasteiger partial charge in [0.2, 0.25) is 0 Å². The van der Waals surface area contributed by atoms with Gasteiger partial charge < -0.3 is 9.88 Å². The number of carbonyl (C=O) groups excluding carboxylic acids is 1. The van der Waals surface area contributed by atoms with Crippen LogP contribution in [-0.4, -0.2) is 17.1 Å². The van der Waals surface area contributed by atoms with Crippen LogP contribution in [0, 0.1) is 17.1 Å². The molecule has 0 radical (unpaired) electrons. The van der Waals surface area contributed by atoms with Gasteiger partial charge in [-0.2, -0.15) is 5.26 Å². The Bertz CT molecular complexity index is 859. The summed E-state index contributed by atoms with van der Waals surface area (Å²) in [6.45, 7) is -1.16.